The summed E-state index contributed by atoms with van der Waals surface area (Å²) in [4.78, 5) is 11.4. The molecular formula is C19H21NO3S. The van der Waals surface area contributed by atoms with Gasteiger partial charge in [0.05, 0.1) is 11.9 Å². The third kappa shape index (κ3) is 3.92. The third-order valence-electron chi connectivity index (χ3n) is 3.83. The number of rotatable bonds is 5. The number of aldehydes is 1. The Balaban J connectivity index is 2.62. The van der Waals surface area contributed by atoms with E-state index < -0.39 is 10.0 Å². The van der Waals surface area contributed by atoms with Crippen LogP contribution in [-0.2, 0) is 10.0 Å². The Morgan fingerprint density at radius 3 is 2.38 bits per heavy atom. The maximum absolute atomic E-state index is 11.6. The summed E-state index contributed by atoms with van der Waals surface area (Å²) in [6, 6.07) is 11.2. The van der Waals surface area contributed by atoms with Gasteiger partial charge in [-0.25, -0.2) is 8.42 Å². The highest BCUT2D eigenvalue weighted by Crippen LogP contribution is 2.31. The highest BCUT2D eigenvalue weighted by atomic mass is 32.2. The molecule has 0 aliphatic heterocycles. The van der Waals surface area contributed by atoms with Gasteiger partial charge in [-0.1, -0.05) is 36.4 Å². The molecule has 0 atom stereocenters. The van der Waals surface area contributed by atoms with E-state index in [-0.39, 0.29) is 0 Å². The largest absolute Gasteiger partial charge is 0.298 e. The van der Waals surface area contributed by atoms with Gasteiger partial charge >= 0.3 is 0 Å². The van der Waals surface area contributed by atoms with E-state index in [2.05, 4.69) is 4.72 Å². The van der Waals surface area contributed by atoms with Gasteiger partial charge in [0.2, 0.25) is 10.0 Å². The van der Waals surface area contributed by atoms with Crippen LogP contribution in [0.3, 0.4) is 0 Å². The highest BCUT2D eigenvalue weighted by Gasteiger charge is 2.14. The maximum atomic E-state index is 11.6. The van der Waals surface area contributed by atoms with Crippen molar-refractivity contribution in [1.29, 1.82) is 0 Å². The SMILES string of the molecule is C/C=C(/c1ccc(C)c(NS(C)(=O)=O)c1)c1c(C)cccc1C=O. The fourth-order valence-corrected chi connectivity index (χ4v) is 3.33. The molecule has 1 N–H and O–H groups in total. The fourth-order valence-electron chi connectivity index (χ4n) is 2.71. The summed E-state index contributed by atoms with van der Waals surface area (Å²) in [5.41, 5.74) is 5.59. The summed E-state index contributed by atoms with van der Waals surface area (Å²) < 4.78 is 25.7. The Kier molecular flexibility index (Phi) is 5.24. The van der Waals surface area contributed by atoms with Crippen molar-refractivity contribution in [3.8, 4) is 0 Å². The molecule has 0 aliphatic rings. The minimum absolute atomic E-state index is 0.538. The second-order valence-electron chi connectivity index (χ2n) is 5.76. The Hall–Kier alpha value is -2.40. The van der Waals surface area contributed by atoms with Crippen LogP contribution in [0.4, 0.5) is 5.69 Å². The van der Waals surface area contributed by atoms with E-state index in [0.29, 0.717) is 11.3 Å². The van der Waals surface area contributed by atoms with Crippen LogP contribution in [0.2, 0.25) is 0 Å². The van der Waals surface area contributed by atoms with E-state index in [0.717, 1.165) is 40.4 Å². The van der Waals surface area contributed by atoms with Crippen molar-refractivity contribution in [1.82, 2.24) is 0 Å². The minimum Gasteiger partial charge on any atom is -0.298 e. The molecule has 0 aliphatic carbocycles. The molecule has 0 heterocycles. The van der Waals surface area contributed by atoms with Crippen molar-refractivity contribution in [2.24, 2.45) is 0 Å². The molecule has 5 heteroatoms. The number of aryl methyl sites for hydroxylation is 2. The van der Waals surface area contributed by atoms with Gasteiger partial charge in [-0.05, 0) is 54.7 Å². The van der Waals surface area contributed by atoms with E-state index in [1.165, 1.54) is 0 Å². The first-order chi connectivity index (χ1) is 11.3. The minimum atomic E-state index is -3.36. The second-order valence-corrected chi connectivity index (χ2v) is 7.51. The number of carbonyl (C=O) groups is 1. The molecular weight excluding hydrogens is 322 g/mol. The van der Waals surface area contributed by atoms with Crippen molar-refractivity contribution < 1.29 is 13.2 Å². The molecule has 0 spiro atoms. The molecule has 126 valence electrons. The average molecular weight is 343 g/mol. The van der Waals surface area contributed by atoms with E-state index >= 15 is 0 Å². The van der Waals surface area contributed by atoms with Gasteiger partial charge < -0.3 is 0 Å². The van der Waals surface area contributed by atoms with Gasteiger partial charge in [-0.3, -0.25) is 9.52 Å². The summed E-state index contributed by atoms with van der Waals surface area (Å²) >= 11 is 0. The van der Waals surface area contributed by atoms with Gasteiger partial charge in [0.1, 0.15) is 0 Å². The fraction of sp³-hybridized carbons (Fsp3) is 0.211. The van der Waals surface area contributed by atoms with Crippen LogP contribution < -0.4 is 4.72 Å². The monoisotopic (exact) mass is 343 g/mol. The van der Waals surface area contributed by atoms with Crippen LogP contribution in [0.15, 0.2) is 42.5 Å². The van der Waals surface area contributed by atoms with Crippen molar-refractivity contribution >= 4 is 27.6 Å². The zero-order valence-electron chi connectivity index (χ0n) is 14.3. The molecule has 0 fully saturated rings. The van der Waals surface area contributed by atoms with Gasteiger partial charge in [0.25, 0.3) is 0 Å². The lowest BCUT2D eigenvalue weighted by Crippen LogP contribution is -2.11. The Morgan fingerprint density at radius 1 is 1.08 bits per heavy atom. The van der Waals surface area contributed by atoms with Crippen molar-refractivity contribution in [3.05, 3.63) is 70.3 Å². The topological polar surface area (TPSA) is 63.2 Å². The molecule has 2 rings (SSSR count). The van der Waals surface area contributed by atoms with Gasteiger partial charge in [0.15, 0.2) is 6.29 Å². The Bertz CT molecular complexity index is 912. The van der Waals surface area contributed by atoms with E-state index in [1.54, 1.807) is 12.1 Å². The predicted molar refractivity (Wildman–Crippen MR) is 99.0 cm³/mol. The molecule has 4 nitrogen and oxygen atoms in total. The molecule has 0 bridgehead atoms. The molecule has 2 aromatic rings. The summed E-state index contributed by atoms with van der Waals surface area (Å²) in [7, 11) is -3.36. The van der Waals surface area contributed by atoms with Crippen LogP contribution in [0.1, 0.15) is 39.5 Å². The maximum Gasteiger partial charge on any atom is 0.229 e. The van der Waals surface area contributed by atoms with Crippen molar-refractivity contribution in [2.75, 3.05) is 11.0 Å². The summed E-state index contributed by atoms with van der Waals surface area (Å²) in [5.74, 6) is 0. The Morgan fingerprint density at radius 2 is 1.79 bits per heavy atom. The first kappa shape index (κ1) is 17.9. The average Bonchev–Trinajstić information content (AvgIpc) is 2.51. The number of carbonyl (C=O) groups excluding carboxylic acids is 1. The number of allylic oxidation sites excluding steroid dienone is 1. The summed E-state index contributed by atoms with van der Waals surface area (Å²) in [6.45, 7) is 5.70. The number of benzene rings is 2. The third-order valence-corrected chi connectivity index (χ3v) is 4.42. The zero-order valence-corrected chi connectivity index (χ0v) is 15.1. The molecule has 24 heavy (non-hydrogen) atoms. The van der Waals surface area contributed by atoms with Gasteiger partial charge in [0, 0.05) is 5.56 Å². The molecule has 0 saturated heterocycles. The summed E-state index contributed by atoms with van der Waals surface area (Å²) in [6.07, 6.45) is 3.90. The van der Waals surface area contributed by atoms with Crippen LogP contribution in [0.5, 0.6) is 0 Å². The second kappa shape index (κ2) is 7.01. The van der Waals surface area contributed by atoms with Crippen molar-refractivity contribution in [3.63, 3.8) is 0 Å². The zero-order chi connectivity index (χ0) is 17.9. The van der Waals surface area contributed by atoms with E-state index in [9.17, 15) is 13.2 Å². The van der Waals surface area contributed by atoms with Crippen LogP contribution >= 0.6 is 0 Å². The van der Waals surface area contributed by atoms with Crippen molar-refractivity contribution in [2.45, 2.75) is 20.8 Å². The molecule has 0 amide bonds. The number of anilines is 1. The Labute approximate surface area is 143 Å². The molecule has 0 saturated carbocycles. The van der Waals surface area contributed by atoms with E-state index in [4.69, 9.17) is 0 Å². The molecule has 0 aromatic heterocycles. The molecule has 0 unspecified atom stereocenters. The molecule has 0 radical (unpaired) electrons. The van der Waals surface area contributed by atoms with Gasteiger partial charge in [-0.2, -0.15) is 0 Å². The summed E-state index contributed by atoms with van der Waals surface area (Å²) in [5, 5.41) is 0. The lowest BCUT2D eigenvalue weighted by atomic mass is 9.90. The highest BCUT2D eigenvalue weighted by molar-refractivity contribution is 7.92. The number of hydrogen-bond acceptors (Lipinski definition) is 3. The number of sulfonamides is 1. The molecule has 2 aromatic carbocycles. The predicted octanol–water partition coefficient (Wildman–Crippen LogP) is 3.94. The van der Waals surface area contributed by atoms with Crippen LogP contribution in [-0.4, -0.2) is 21.0 Å². The van der Waals surface area contributed by atoms with E-state index in [1.807, 2.05) is 51.1 Å². The quantitative estimate of drug-likeness (QED) is 0.837. The van der Waals surface area contributed by atoms with Crippen LogP contribution in [0.25, 0.3) is 5.57 Å². The number of hydrogen-bond donors (Lipinski definition) is 1. The normalized spacial score (nSPS) is 12.1. The lowest BCUT2D eigenvalue weighted by Gasteiger charge is -2.16. The van der Waals surface area contributed by atoms with Gasteiger partial charge in [-0.15, -0.1) is 0 Å². The van der Waals surface area contributed by atoms with Crippen LogP contribution in [0, 0.1) is 13.8 Å². The number of nitrogens with one attached hydrogen (secondary N) is 1. The lowest BCUT2D eigenvalue weighted by molar-refractivity contribution is 0.112. The standard InChI is InChI=1S/C19H21NO3S/c1-5-17(19-14(3)7-6-8-16(19)12-21)15-10-9-13(2)18(11-15)20-24(4,22)23/h5-12,20H,1-4H3/b17-5-. The first-order valence-electron chi connectivity index (χ1n) is 7.57. The smallest absolute Gasteiger partial charge is 0.229 e. The first-order valence-corrected chi connectivity index (χ1v) is 9.46.